The van der Waals surface area contributed by atoms with Crippen molar-refractivity contribution < 1.29 is 5.11 Å². The van der Waals surface area contributed by atoms with Crippen LogP contribution in [0.15, 0.2) is 4.47 Å². The van der Waals surface area contributed by atoms with E-state index in [0.29, 0.717) is 0 Å². The van der Waals surface area contributed by atoms with Crippen molar-refractivity contribution in [1.29, 1.82) is 0 Å². The lowest BCUT2D eigenvalue weighted by Crippen LogP contribution is -2.24. The van der Waals surface area contributed by atoms with Gasteiger partial charge in [-0.05, 0) is 35.7 Å². The van der Waals surface area contributed by atoms with Crippen LogP contribution in [0.4, 0.5) is 0 Å². The first-order chi connectivity index (χ1) is 7.60. The molecule has 92 valence electrons. The molecule has 1 aromatic rings. The van der Waals surface area contributed by atoms with E-state index in [9.17, 15) is 0 Å². The van der Waals surface area contributed by atoms with E-state index < -0.39 is 0 Å². The zero-order chi connectivity index (χ0) is 12.1. The third-order valence-corrected chi connectivity index (χ3v) is 3.58. The first kappa shape index (κ1) is 13.7. The molecule has 0 aromatic carbocycles. The molecule has 2 N–H and O–H groups in total. The maximum absolute atomic E-state index is 8.92. The van der Waals surface area contributed by atoms with Gasteiger partial charge in [-0.1, -0.05) is 6.92 Å². The van der Waals surface area contributed by atoms with Crippen molar-refractivity contribution >= 4 is 15.9 Å². The zero-order valence-electron chi connectivity index (χ0n) is 10.1. The molecule has 16 heavy (non-hydrogen) atoms. The van der Waals surface area contributed by atoms with E-state index in [1.165, 1.54) is 5.69 Å². The van der Waals surface area contributed by atoms with Gasteiger partial charge in [-0.2, -0.15) is 5.10 Å². The molecule has 0 fully saturated rings. The molecule has 1 heterocycles. The topological polar surface area (TPSA) is 50.1 Å². The summed E-state index contributed by atoms with van der Waals surface area (Å²) in [6, 6.07) is 0. The largest absolute Gasteiger partial charge is 0.396 e. The lowest BCUT2D eigenvalue weighted by atomic mass is 10.2. The van der Waals surface area contributed by atoms with Gasteiger partial charge < -0.3 is 10.4 Å². The van der Waals surface area contributed by atoms with Crippen LogP contribution >= 0.6 is 15.9 Å². The molecule has 1 unspecified atom stereocenters. The number of nitrogens with one attached hydrogen (secondary N) is 1. The number of aromatic nitrogens is 2. The molecular formula is C11H20BrN3O. The van der Waals surface area contributed by atoms with E-state index in [2.05, 4.69) is 33.3 Å². The average molecular weight is 290 g/mol. The van der Waals surface area contributed by atoms with E-state index in [1.54, 1.807) is 0 Å². The minimum absolute atomic E-state index is 0.222. The normalized spacial score (nSPS) is 13.1. The van der Waals surface area contributed by atoms with Gasteiger partial charge in [-0.3, -0.25) is 4.68 Å². The van der Waals surface area contributed by atoms with Gasteiger partial charge in [0.2, 0.25) is 0 Å². The number of hydrogen-bond donors (Lipinski definition) is 2. The first-order valence-corrected chi connectivity index (χ1v) is 6.42. The van der Waals surface area contributed by atoms with Crippen molar-refractivity contribution in [2.45, 2.75) is 33.9 Å². The Bertz CT molecular complexity index is 338. The maximum atomic E-state index is 8.92. The van der Waals surface area contributed by atoms with Gasteiger partial charge in [0.05, 0.1) is 15.9 Å². The van der Waals surface area contributed by atoms with Crippen molar-refractivity contribution in [2.75, 3.05) is 13.2 Å². The van der Waals surface area contributed by atoms with Crippen molar-refractivity contribution in [3.63, 3.8) is 0 Å². The monoisotopic (exact) mass is 289 g/mol. The van der Waals surface area contributed by atoms with E-state index in [0.717, 1.165) is 29.8 Å². The molecule has 0 saturated heterocycles. The Morgan fingerprint density at radius 1 is 1.56 bits per heavy atom. The summed E-state index contributed by atoms with van der Waals surface area (Å²) in [7, 11) is 0. The SMILES string of the molecule is CCn1nc(C)c(Br)c1CNCC(C)CO. The van der Waals surface area contributed by atoms with E-state index >= 15 is 0 Å². The second-order valence-electron chi connectivity index (χ2n) is 4.08. The van der Waals surface area contributed by atoms with Crippen LogP contribution in [0.2, 0.25) is 0 Å². The summed E-state index contributed by atoms with van der Waals surface area (Å²) in [5.74, 6) is 0.290. The zero-order valence-corrected chi connectivity index (χ0v) is 11.7. The molecule has 4 nitrogen and oxygen atoms in total. The third-order valence-electron chi connectivity index (χ3n) is 2.55. The lowest BCUT2D eigenvalue weighted by molar-refractivity contribution is 0.233. The second kappa shape index (κ2) is 6.37. The Balaban J connectivity index is 2.59. The Labute approximate surface area is 105 Å². The highest BCUT2D eigenvalue weighted by atomic mass is 79.9. The molecule has 0 radical (unpaired) electrons. The molecule has 0 aliphatic rings. The van der Waals surface area contributed by atoms with Crippen LogP contribution in [0.3, 0.4) is 0 Å². The third kappa shape index (κ3) is 3.30. The van der Waals surface area contributed by atoms with Gasteiger partial charge in [0, 0.05) is 26.2 Å². The second-order valence-corrected chi connectivity index (χ2v) is 4.87. The van der Waals surface area contributed by atoms with Crippen LogP contribution in [0, 0.1) is 12.8 Å². The number of aliphatic hydroxyl groups is 1. The highest BCUT2D eigenvalue weighted by molar-refractivity contribution is 9.10. The molecule has 0 bridgehead atoms. The first-order valence-electron chi connectivity index (χ1n) is 5.63. The van der Waals surface area contributed by atoms with Crippen molar-refractivity contribution in [3.05, 3.63) is 15.9 Å². The standard InChI is InChI=1S/C11H20BrN3O/c1-4-15-10(11(12)9(3)14-15)6-13-5-8(2)7-16/h8,13,16H,4-7H2,1-3H3. The van der Waals surface area contributed by atoms with Gasteiger partial charge in [-0.15, -0.1) is 0 Å². The average Bonchev–Trinajstić information content (AvgIpc) is 2.56. The number of rotatable bonds is 6. The Kier molecular flexibility index (Phi) is 5.44. The molecule has 5 heteroatoms. The van der Waals surface area contributed by atoms with Crippen LogP contribution in [0.25, 0.3) is 0 Å². The van der Waals surface area contributed by atoms with Crippen LogP contribution in [-0.4, -0.2) is 28.0 Å². The summed E-state index contributed by atoms with van der Waals surface area (Å²) < 4.78 is 3.08. The quantitative estimate of drug-likeness (QED) is 0.838. The van der Waals surface area contributed by atoms with Crippen molar-refractivity contribution in [2.24, 2.45) is 5.92 Å². The fourth-order valence-corrected chi connectivity index (χ4v) is 1.96. The van der Waals surface area contributed by atoms with Crippen molar-refractivity contribution in [3.8, 4) is 0 Å². The highest BCUT2D eigenvalue weighted by Crippen LogP contribution is 2.20. The summed E-state index contributed by atoms with van der Waals surface area (Å²) in [4.78, 5) is 0. The number of halogens is 1. The van der Waals surface area contributed by atoms with Crippen LogP contribution in [0.1, 0.15) is 25.2 Å². The van der Waals surface area contributed by atoms with Crippen molar-refractivity contribution in [1.82, 2.24) is 15.1 Å². The number of hydrogen-bond acceptors (Lipinski definition) is 3. The number of aryl methyl sites for hydroxylation is 2. The van der Waals surface area contributed by atoms with Gasteiger partial charge in [0.1, 0.15) is 0 Å². The minimum atomic E-state index is 0.222. The number of nitrogens with zero attached hydrogens (tertiary/aromatic N) is 2. The molecule has 0 spiro atoms. The van der Waals surface area contributed by atoms with E-state index in [1.807, 2.05) is 18.5 Å². The molecule has 0 aliphatic carbocycles. The fraction of sp³-hybridized carbons (Fsp3) is 0.727. The molecular weight excluding hydrogens is 270 g/mol. The Morgan fingerprint density at radius 3 is 2.81 bits per heavy atom. The predicted octanol–water partition coefficient (Wildman–Crippen LogP) is 1.69. The van der Waals surface area contributed by atoms with Gasteiger partial charge in [-0.25, -0.2) is 0 Å². The molecule has 0 saturated carbocycles. The molecule has 1 aromatic heterocycles. The minimum Gasteiger partial charge on any atom is -0.396 e. The van der Waals surface area contributed by atoms with E-state index in [4.69, 9.17) is 5.11 Å². The molecule has 0 aliphatic heterocycles. The summed E-state index contributed by atoms with van der Waals surface area (Å²) in [6.45, 7) is 8.79. The summed E-state index contributed by atoms with van der Waals surface area (Å²) >= 11 is 3.55. The van der Waals surface area contributed by atoms with Crippen LogP contribution in [0.5, 0.6) is 0 Å². The molecule has 1 rings (SSSR count). The van der Waals surface area contributed by atoms with Crippen LogP contribution < -0.4 is 5.32 Å². The molecule has 0 amide bonds. The van der Waals surface area contributed by atoms with Gasteiger partial charge in [0.25, 0.3) is 0 Å². The summed E-state index contributed by atoms with van der Waals surface area (Å²) in [6.07, 6.45) is 0. The maximum Gasteiger partial charge on any atom is 0.0739 e. The van der Waals surface area contributed by atoms with E-state index in [-0.39, 0.29) is 12.5 Å². The smallest absolute Gasteiger partial charge is 0.0739 e. The van der Waals surface area contributed by atoms with Gasteiger partial charge >= 0.3 is 0 Å². The predicted molar refractivity (Wildman–Crippen MR) is 68.3 cm³/mol. The lowest BCUT2D eigenvalue weighted by Gasteiger charge is -2.10. The van der Waals surface area contributed by atoms with Gasteiger partial charge in [0.15, 0.2) is 0 Å². The Hall–Kier alpha value is -0.390. The van der Waals surface area contributed by atoms with Crippen LogP contribution in [-0.2, 0) is 13.1 Å². The summed E-state index contributed by atoms with van der Waals surface area (Å²) in [5.41, 5.74) is 2.19. The fourth-order valence-electron chi connectivity index (χ4n) is 1.54. The summed E-state index contributed by atoms with van der Waals surface area (Å²) in [5, 5.41) is 16.7. The molecule has 1 atom stereocenters. The Morgan fingerprint density at radius 2 is 2.25 bits per heavy atom. The highest BCUT2D eigenvalue weighted by Gasteiger charge is 2.11. The number of aliphatic hydroxyl groups excluding tert-OH is 1.